The Morgan fingerprint density at radius 3 is 2.24 bits per heavy atom. The maximum atomic E-state index is 11.1. The van der Waals surface area contributed by atoms with E-state index in [0.717, 1.165) is 35.4 Å². The fourth-order valence-electron chi connectivity index (χ4n) is 5.23. The van der Waals surface area contributed by atoms with Crippen LogP contribution in [-0.4, -0.2) is 6.29 Å². The highest BCUT2D eigenvalue weighted by molar-refractivity contribution is 5.76. The molecule has 90 valence electrons. The average Bonchev–Trinajstić information content (AvgIpc) is 2.75. The molecule has 0 saturated heterocycles. The summed E-state index contributed by atoms with van der Waals surface area (Å²) in [6.45, 7) is 0. The van der Waals surface area contributed by atoms with Crippen molar-refractivity contribution < 1.29 is 9.21 Å². The summed E-state index contributed by atoms with van der Waals surface area (Å²) < 4.78 is 5.71. The normalized spacial score (nSPS) is 42.9. The molecule has 4 aliphatic rings. The summed E-state index contributed by atoms with van der Waals surface area (Å²) >= 11 is 0. The summed E-state index contributed by atoms with van der Waals surface area (Å²) in [5, 5.41) is 0. The van der Waals surface area contributed by atoms with Crippen molar-refractivity contribution in [1.82, 2.24) is 0 Å². The van der Waals surface area contributed by atoms with Crippen molar-refractivity contribution in [2.45, 2.75) is 43.9 Å². The Morgan fingerprint density at radius 1 is 1.12 bits per heavy atom. The standard InChI is InChI=1S/C15H18O2/c16-9-13-1-2-17-14(13)15-6-10-3-11(7-15)5-12(4-10)8-15/h1-2,9-12H,3-8H2. The number of aldehydes is 1. The van der Waals surface area contributed by atoms with Crippen LogP contribution >= 0.6 is 0 Å². The summed E-state index contributed by atoms with van der Waals surface area (Å²) in [7, 11) is 0. The summed E-state index contributed by atoms with van der Waals surface area (Å²) in [6, 6.07) is 1.83. The fraction of sp³-hybridized carbons (Fsp3) is 0.667. The molecule has 1 aromatic heterocycles. The molecule has 2 heteroatoms. The van der Waals surface area contributed by atoms with E-state index < -0.39 is 0 Å². The molecule has 0 aromatic carbocycles. The van der Waals surface area contributed by atoms with E-state index in [-0.39, 0.29) is 5.41 Å². The van der Waals surface area contributed by atoms with Crippen LogP contribution in [0.4, 0.5) is 0 Å². The smallest absolute Gasteiger partial charge is 0.153 e. The van der Waals surface area contributed by atoms with Crippen LogP contribution in [0.15, 0.2) is 16.7 Å². The van der Waals surface area contributed by atoms with Crippen molar-refractivity contribution in [3.63, 3.8) is 0 Å². The first-order valence-corrected chi connectivity index (χ1v) is 6.82. The molecule has 4 aliphatic carbocycles. The first kappa shape index (κ1) is 9.93. The van der Waals surface area contributed by atoms with Gasteiger partial charge in [0.25, 0.3) is 0 Å². The van der Waals surface area contributed by atoms with E-state index in [1.807, 2.05) is 6.07 Å². The Labute approximate surface area is 101 Å². The summed E-state index contributed by atoms with van der Waals surface area (Å²) in [6.07, 6.45) is 10.7. The Kier molecular flexibility index (Phi) is 1.89. The number of carbonyl (C=O) groups excluding carboxylic acids is 1. The zero-order chi connectivity index (χ0) is 11.5. The minimum atomic E-state index is 0.217. The van der Waals surface area contributed by atoms with Gasteiger partial charge in [0.2, 0.25) is 0 Å². The second-order valence-electron chi connectivity index (χ2n) is 6.52. The molecule has 4 fully saturated rings. The van der Waals surface area contributed by atoms with Gasteiger partial charge in [0.1, 0.15) is 5.76 Å². The fourth-order valence-corrected chi connectivity index (χ4v) is 5.23. The molecular weight excluding hydrogens is 212 g/mol. The van der Waals surface area contributed by atoms with E-state index in [1.54, 1.807) is 6.26 Å². The monoisotopic (exact) mass is 230 g/mol. The van der Waals surface area contributed by atoms with Crippen molar-refractivity contribution >= 4 is 6.29 Å². The minimum Gasteiger partial charge on any atom is -0.468 e. The lowest BCUT2D eigenvalue weighted by molar-refractivity contribution is -0.0154. The Morgan fingerprint density at radius 2 is 1.71 bits per heavy atom. The Bertz CT molecular complexity index is 422. The minimum absolute atomic E-state index is 0.217. The first-order chi connectivity index (χ1) is 8.29. The molecule has 17 heavy (non-hydrogen) atoms. The van der Waals surface area contributed by atoms with Gasteiger partial charge in [-0.2, -0.15) is 0 Å². The second kappa shape index (κ2) is 3.24. The quantitative estimate of drug-likeness (QED) is 0.727. The molecule has 4 saturated carbocycles. The molecule has 5 rings (SSSR count). The SMILES string of the molecule is O=Cc1ccoc1C12CC3CC(CC(C3)C1)C2. The van der Waals surface area contributed by atoms with Gasteiger partial charge in [-0.15, -0.1) is 0 Å². The highest BCUT2D eigenvalue weighted by Gasteiger charge is 2.53. The molecule has 0 atom stereocenters. The highest BCUT2D eigenvalue weighted by Crippen LogP contribution is 2.61. The molecule has 1 aromatic rings. The third-order valence-electron chi connectivity index (χ3n) is 5.34. The number of furan rings is 1. The van der Waals surface area contributed by atoms with E-state index in [1.165, 1.54) is 38.5 Å². The van der Waals surface area contributed by atoms with E-state index >= 15 is 0 Å². The van der Waals surface area contributed by atoms with Gasteiger partial charge in [-0.1, -0.05) is 0 Å². The number of hydrogen-bond acceptors (Lipinski definition) is 2. The van der Waals surface area contributed by atoms with Crippen molar-refractivity contribution in [3.05, 3.63) is 23.7 Å². The number of carbonyl (C=O) groups is 1. The molecule has 1 heterocycles. The molecule has 0 aliphatic heterocycles. The second-order valence-corrected chi connectivity index (χ2v) is 6.52. The van der Waals surface area contributed by atoms with Crippen LogP contribution in [0.25, 0.3) is 0 Å². The van der Waals surface area contributed by atoms with Crippen LogP contribution < -0.4 is 0 Å². The molecule has 0 N–H and O–H groups in total. The van der Waals surface area contributed by atoms with Crippen molar-refractivity contribution in [3.8, 4) is 0 Å². The highest BCUT2D eigenvalue weighted by atomic mass is 16.3. The van der Waals surface area contributed by atoms with Crippen LogP contribution in [0.1, 0.15) is 54.6 Å². The Balaban J connectivity index is 1.79. The van der Waals surface area contributed by atoms with Crippen molar-refractivity contribution in [2.75, 3.05) is 0 Å². The predicted octanol–water partition coefficient (Wildman–Crippen LogP) is 3.56. The third-order valence-corrected chi connectivity index (χ3v) is 5.34. The van der Waals surface area contributed by atoms with Crippen LogP contribution in [-0.2, 0) is 5.41 Å². The van der Waals surface area contributed by atoms with Crippen LogP contribution in [0.5, 0.6) is 0 Å². The lowest BCUT2D eigenvalue weighted by Gasteiger charge is -2.56. The van der Waals surface area contributed by atoms with Gasteiger partial charge in [-0.3, -0.25) is 4.79 Å². The van der Waals surface area contributed by atoms with Gasteiger partial charge in [-0.25, -0.2) is 0 Å². The first-order valence-electron chi connectivity index (χ1n) is 6.82. The molecule has 2 nitrogen and oxygen atoms in total. The molecule has 0 radical (unpaired) electrons. The van der Waals surface area contributed by atoms with E-state index in [0.29, 0.717) is 0 Å². The van der Waals surface area contributed by atoms with E-state index in [2.05, 4.69) is 0 Å². The zero-order valence-electron chi connectivity index (χ0n) is 10.0. The molecule has 4 bridgehead atoms. The molecule has 0 amide bonds. The van der Waals surface area contributed by atoms with Gasteiger partial charge >= 0.3 is 0 Å². The number of hydrogen-bond donors (Lipinski definition) is 0. The zero-order valence-corrected chi connectivity index (χ0v) is 10.0. The average molecular weight is 230 g/mol. The lowest BCUT2D eigenvalue weighted by Crippen LogP contribution is -2.48. The van der Waals surface area contributed by atoms with Crippen molar-refractivity contribution in [1.29, 1.82) is 0 Å². The Hall–Kier alpha value is -1.05. The molecular formula is C15H18O2. The maximum Gasteiger partial charge on any atom is 0.153 e. The van der Waals surface area contributed by atoms with Gasteiger partial charge in [0, 0.05) is 5.41 Å². The maximum absolute atomic E-state index is 11.1. The van der Waals surface area contributed by atoms with E-state index in [4.69, 9.17) is 4.42 Å². The molecule has 0 unspecified atom stereocenters. The van der Waals surface area contributed by atoms with Crippen LogP contribution in [0.2, 0.25) is 0 Å². The number of rotatable bonds is 2. The third kappa shape index (κ3) is 1.30. The molecule has 0 spiro atoms. The predicted molar refractivity (Wildman–Crippen MR) is 63.9 cm³/mol. The summed E-state index contributed by atoms with van der Waals surface area (Å²) in [5.74, 6) is 3.69. The largest absolute Gasteiger partial charge is 0.468 e. The van der Waals surface area contributed by atoms with Crippen LogP contribution in [0, 0.1) is 17.8 Å². The van der Waals surface area contributed by atoms with Crippen molar-refractivity contribution in [2.24, 2.45) is 17.8 Å². The van der Waals surface area contributed by atoms with Gasteiger partial charge in [-0.05, 0) is 62.3 Å². The van der Waals surface area contributed by atoms with E-state index in [9.17, 15) is 4.79 Å². The summed E-state index contributed by atoms with van der Waals surface area (Å²) in [4.78, 5) is 11.1. The van der Waals surface area contributed by atoms with Gasteiger partial charge in [0.15, 0.2) is 6.29 Å². The topological polar surface area (TPSA) is 30.2 Å². The van der Waals surface area contributed by atoms with Gasteiger partial charge < -0.3 is 4.42 Å². The van der Waals surface area contributed by atoms with Crippen LogP contribution in [0.3, 0.4) is 0 Å². The summed E-state index contributed by atoms with van der Waals surface area (Å²) in [5.41, 5.74) is 1.01. The van der Waals surface area contributed by atoms with Gasteiger partial charge in [0.05, 0.1) is 11.8 Å². The lowest BCUT2D eigenvalue weighted by atomic mass is 9.49.